The summed E-state index contributed by atoms with van der Waals surface area (Å²) in [6, 6.07) is 0. The van der Waals surface area contributed by atoms with Crippen LogP contribution in [0.25, 0.3) is 0 Å². The molecule has 0 aromatic heterocycles. The minimum atomic E-state index is 0.975. The van der Waals surface area contributed by atoms with Crippen molar-refractivity contribution in [3.63, 3.8) is 0 Å². The van der Waals surface area contributed by atoms with Gasteiger partial charge in [0.25, 0.3) is 0 Å². The Morgan fingerprint density at radius 3 is 2.80 bits per heavy atom. The van der Waals surface area contributed by atoms with Crippen molar-refractivity contribution in [1.29, 1.82) is 0 Å². The highest BCUT2D eigenvalue weighted by atomic mass is 14.3. The van der Waals surface area contributed by atoms with Crippen molar-refractivity contribution in [2.75, 3.05) is 0 Å². The molecule has 0 heterocycles. The van der Waals surface area contributed by atoms with Crippen LogP contribution in [0.4, 0.5) is 0 Å². The molecule has 0 aliphatic heterocycles. The van der Waals surface area contributed by atoms with Gasteiger partial charge in [-0.05, 0) is 37.5 Å². The summed E-state index contributed by atoms with van der Waals surface area (Å²) in [6.45, 7) is 0. The summed E-state index contributed by atoms with van der Waals surface area (Å²) in [4.78, 5) is 0. The Bertz CT molecular complexity index is 135. The van der Waals surface area contributed by atoms with Gasteiger partial charge in [-0.1, -0.05) is 25.0 Å². The highest BCUT2D eigenvalue weighted by molar-refractivity contribution is 4.98. The maximum Gasteiger partial charge on any atom is -0.0205 e. The average molecular weight is 136 g/mol. The third-order valence-corrected chi connectivity index (χ3v) is 3.06. The summed E-state index contributed by atoms with van der Waals surface area (Å²) in [5.74, 6) is 2.04. The molecule has 2 rings (SSSR count). The Labute approximate surface area is 63.3 Å². The SMILES string of the molecule is C1=CC2CCCCC2CC1. The summed E-state index contributed by atoms with van der Waals surface area (Å²) in [5, 5.41) is 0. The number of hydrogen-bond donors (Lipinski definition) is 0. The first-order valence-corrected chi connectivity index (χ1v) is 4.63. The molecule has 2 aliphatic rings. The second kappa shape index (κ2) is 2.77. The maximum atomic E-state index is 2.47. The van der Waals surface area contributed by atoms with Crippen molar-refractivity contribution in [1.82, 2.24) is 0 Å². The summed E-state index contributed by atoms with van der Waals surface area (Å²) in [5.41, 5.74) is 0. The summed E-state index contributed by atoms with van der Waals surface area (Å²) in [7, 11) is 0. The Kier molecular flexibility index (Phi) is 1.79. The van der Waals surface area contributed by atoms with Gasteiger partial charge in [-0.2, -0.15) is 0 Å². The lowest BCUT2D eigenvalue weighted by Gasteiger charge is -2.31. The van der Waals surface area contributed by atoms with Crippen molar-refractivity contribution >= 4 is 0 Å². The van der Waals surface area contributed by atoms with Crippen molar-refractivity contribution in [3.8, 4) is 0 Å². The fourth-order valence-electron chi connectivity index (χ4n) is 2.43. The lowest BCUT2D eigenvalue weighted by molar-refractivity contribution is 0.259. The summed E-state index contributed by atoms with van der Waals surface area (Å²) >= 11 is 0. The predicted octanol–water partition coefficient (Wildman–Crippen LogP) is 3.14. The van der Waals surface area contributed by atoms with E-state index in [9.17, 15) is 0 Å². The highest BCUT2D eigenvalue weighted by Gasteiger charge is 2.23. The van der Waals surface area contributed by atoms with Crippen LogP contribution >= 0.6 is 0 Å². The fourth-order valence-corrected chi connectivity index (χ4v) is 2.43. The zero-order valence-corrected chi connectivity index (χ0v) is 6.55. The van der Waals surface area contributed by atoms with Crippen molar-refractivity contribution < 1.29 is 0 Å². The van der Waals surface area contributed by atoms with E-state index in [4.69, 9.17) is 0 Å². The van der Waals surface area contributed by atoms with Crippen LogP contribution in [0.15, 0.2) is 12.2 Å². The summed E-state index contributed by atoms with van der Waals surface area (Å²) < 4.78 is 0. The third-order valence-electron chi connectivity index (χ3n) is 3.06. The van der Waals surface area contributed by atoms with E-state index in [2.05, 4.69) is 12.2 Å². The second-order valence-corrected chi connectivity index (χ2v) is 3.71. The Balaban J connectivity index is 2.03. The molecule has 0 aromatic rings. The summed E-state index contributed by atoms with van der Waals surface area (Å²) in [6.07, 6.45) is 13.6. The lowest BCUT2D eigenvalue weighted by atomic mass is 9.74. The van der Waals surface area contributed by atoms with Crippen LogP contribution in [0.1, 0.15) is 38.5 Å². The van der Waals surface area contributed by atoms with E-state index in [1.807, 2.05) is 0 Å². The van der Waals surface area contributed by atoms with Gasteiger partial charge in [-0.25, -0.2) is 0 Å². The molecule has 0 N–H and O–H groups in total. The molecule has 1 saturated carbocycles. The normalized spacial score (nSPS) is 39.2. The van der Waals surface area contributed by atoms with E-state index in [1.54, 1.807) is 0 Å². The molecule has 10 heavy (non-hydrogen) atoms. The average Bonchev–Trinajstić information content (AvgIpc) is 2.05. The molecular formula is C10H16. The van der Waals surface area contributed by atoms with Gasteiger partial charge < -0.3 is 0 Å². The number of hydrogen-bond acceptors (Lipinski definition) is 0. The Morgan fingerprint density at radius 2 is 1.90 bits per heavy atom. The molecule has 0 radical (unpaired) electrons. The largest absolute Gasteiger partial charge is 0.0882 e. The van der Waals surface area contributed by atoms with Crippen LogP contribution in [0.2, 0.25) is 0 Å². The standard InChI is InChI=1S/C10H16/c1-2-6-10-8-4-3-7-9(10)5-1/h1,5,9-10H,2-4,6-8H2. The molecule has 0 aromatic carbocycles. The van der Waals surface area contributed by atoms with Crippen LogP contribution in [0.3, 0.4) is 0 Å². The minimum absolute atomic E-state index is 0.975. The Hall–Kier alpha value is -0.260. The van der Waals surface area contributed by atoms with Crippen LogP contribution in [-0.2, 0) is 0 Å². The van der Waals surface area contributed by atoms with Gasteiger partial charge in [0.2, 0.25) is 0 Å². The molecule has 1 fully saturated rings. The molecule has 56 valence electrons. The van der Waals surface area contributed by atoms with Gasteiger partial charge in [-0.15, -0.1) is 0 Å². The van der Waals surface area contributed by atoms with E-state index in [0.717, 1.165) is 11.8 Å². The van der Waals surface area contributed by atoms with Gasteiger partial charge in [0.05, 0.1) is 0 Å². The van der Waals surface area contributed by atoms with Crippen molar-refractivity contribution in [2.45, 2.75) is 38.5 Å². The zero-order chi connectivity index (χ0) is 6.81. The monoisotopic (exact) mass is 136 g/mol. The van der Waals surface area contributed by atoms with Gasteiger partial charge >= 0.3 is 0 Å². The van der Waals surface area contributed by atoms with Gasteiger partial charge in [0.15, 0.2) is 0 Å². The molecule has 0 nitrogen and oxygen atoms in total. The first-order valence-electron chi connectivity index (χ1n) is 4.63. The lowest BCUT2D eigenvalue weighted by Crippen LogP contribution is -2.19. The molecule has 2 aliphatic carbocycles. The molecular weight excluding hydrogens is 120 g/mol. The number of fused-ring (bicyclic) bond motifs is 1. The molecule has 0 spiro atoms. The molecule has 0 amide bonds. The van der Waals surface area contributed by atoms with Crippen molar-refractivity contribution in [3.05, 3.63) is 12.2 Å². The predicted molar refractivity (Wildman–Crippen MR) is 43.8 cm³/mol. The number of allylic oxidation sites excluding steroid dienone is 2. The van der Waals surface area contributed by atoms with Gasteiger partial charge in [0.1, 0.15) is 0 Å². The molecule has 2 unspecified atom stereocenters. The minimum Gasteiger partial charge on any atom is -0.0882 e. The Morgan fingerprint density at radius 1 is 1.00 bits per heavy atom. The topological polar surface area (TPSA) is 0 Å². The molecule has 2 atom stereocenters. The van der Waals surface area contributed by atoms with Crippen LogP contribution < -0.4 is 0 Å². The molecule has 0 saturated heterocycles. The highest BCUT2D eigenvalue weighted by Crippen LogP contribution is 2.36. The maximum absolute atomic E-state index is 2.47. The smallest absolute Gasteiger partial charge is 0.0205 e. The molecule has 0 heteroatoms. The second-order valence-electron chi connectivity index (χ2n) is 3.71. The van der Waals surface area contributed by atoms with Crippen molar-refractivity contribution in [2.24, 2.45) is 11.8 Å². The van der Waals surface area contributed by atoms with E-state index < -0.39 is 0 Å². The van der Waals surface area contributed by atoms with Gasteiger partial charge in [0, 0.05) is 0 Å². The number of rotatable bonds is 0. The fraction of sp³-hybridized carbons (Fsp3) is 0.800. The van der Waals surface area contributed by atoms with E-state index in [0.29, 0.717) is 0 Å². The van der Waals surface area contributed by atoms with Crippen LogP contribution in [0, 0.1) is 11.8 Å². The van der Waals surface area contributed by atoms with Crippen LogP contribution in [0.5, 0.6) is 0 Å². The van der Waals surface area contributed by atoms with E-state index in [1.165, 1.54) is 38.5 Å². The molecule has 0 bridgehead atoms. The van der Waals surface area contributed by atoms with E-state index in [-0.39, 0.29) is 0 Å². The zero-order valence-electron chi connectivity index (χ0n) is 6.55. The first-order chi connectivity index (χ1) is 4.97. The van der Waals surface area contributed by atoms with Gasteiger partial charge in [-0.3, -0.25) is 0 Å². The van der Waals surface area contributed by atoms with Crippen LogP contribution in [-0.4, -0.2) is 0 Å². The first kappa shape index (κ1) is 6.45. The van der Waals surface area contributed by atoms with E-state index >= 15 is 0 Å². The quantitative estimate of drug-likeness (QED) is 0.449. The third kappa shape index (κ3) is 1.12.